The minimum absolute atomic E-state index is 0.738. The van der Waals surface area contributed by atoms with Crippen LogP contribution in [0, 0.1) is 18.8 Å². The summed E-state index contributed by atoms with van der Waals surface area (Å²) in [4.78, 5) is 0. The molecule has 0 aromatic carbocycles. The van der Waals surface area contributed by atoms with Gasteiger partial charge in [-0.15, -0.1) is 0 Å². The van der Waals surface area contributed by atoms with Crippen molar-refractivity contribution in [2.45, 2.75) is 39.7 Å². The van der Waals surface area contributed by atoms with E-state index in [-0.39, 0.29) is 0 Å². The number of aromatic nitrogens is 2. The molecule has 14 heavy (non-hydrogen) atoms. The van der Waals surface area contributed by atoms with Gasteiger partial charge in [0.1, 0.15) is 0 Å². The Kier molecular flexibility index (Phi) is 2.48. The van der Waals surface area contributed by atoms with Crippen LogP contribution < -0.4 is 5.73 Å². The summed E-state index contributed by atoms with van der Waals surface area (Å²) in [6, 6.07) is 0. The van der Waals surface area contributed by atoms with E-state index in [1.165, 1.54) is 19.3 Å². The summed E-state index contributed by atoms with van der Waals surface area (Å²) in [6.45, 7) is 5.29. The lowest BCUT2D eigenvalue weighted by Gasteiger charge is -2.31. The molecule has 0 aliphatic heterocycles. The topological polar surface area (TPSA) is 43.8 Å². The molecule has 1 aromatic rings. The maximum Gasteiger partial charge on any atom is 0.0822 e. The van der Waals surface area contributed by atoms with Gasteiger partial charge in [0.15, 0.2) is 0 Å². The van der Waals surface area contributed by atoms with E-state index in [1.54, 1.807) is 0 Å². The maximum absolute atomic E-state index is 5.76. The summed E-state index contributed by atoms with van der Waals surface area (Å²) < 4.78 is 1.99. The van der Waals surface area contributed by atoms with Crippen molar-refractivity contribution in [1.82, 2.24) is 9.78 Å². The third-order valence-corrected chi connectivity index (χ3v) is 3.41. The first-order chi connectivity index (χ1) is 6.66. The van der Waals surface area contributed by atoms with Crippen LogP contribution in [0.5, 0.6) is 0 Å². The molecule has 1 unspecified atom stereocenters. The summed E-state index contributed by atoms with van der Waals surface area (Å²) in [5.74, 6) is 1.66. The number of hydrogen-bond acceptors (Lipinski definition) is 2. The average molecular weight is 193 g/mol. The smallest absolute Gasteiger partial charge is 0.0822 e. The highest BCUT2D eigenvalue weighted by Crippen LogP contribution is 2.33. The predicted molar refractivity (Wildman–Crippen MR) is 57.9 cm³/mol. The Morgan fingerprint density at radius 1 is 1.64 bits per heavy atom. The summed E-state index contributed by atoms with van der Waals surface area (Å²) in [5, 5.41) is 4.38. The van der Waals surface area contributed by atoms with Crippen LogP contribution in [-0.2, 0) is 6.54 Å². The number of hydrogen-bond donors (Lipinski definition) is 1. The molecule has 0 spiro atoms. The van der Waals surface area contributed by atoms with Crippen LogP contribution in [0.1, 0.15) is 31.9 Å². The fourth-order valence-corrected chi connectivity index (χ4v) is 2.08. The number of rotatable bonds is 3. The monoisotopic (exact) mass is 193 g/mol. The van der Waals surface area contributed by atoms with Crippen LogP contribution in [0.15, 0.2) is 6.20 Å². The first-order valence-electron chi connectivity index (χ1n) is 5.46. The zero-order valence-electron chi connectivity index (χ0n) is 9.03. The van der Waals surface area contributed by atoms with Crippen LogP contribution >= 0.6 is 0 Å². The molecular formula is C11H19N3. The molecule has 1 fully saturated rings. The van der Waals surface area contributed by atoms with E-state index in [1.807, 2.05) is 17.8 Å². The molecule has 1 heterocycles. The molecule has 0 bridgehead atoms. The predicted octanol–water partition coefficient (Wildman–Crippen LogP) is 2.21. The van der Waals surface area contributed by atoms with E-state index >= 15 is 0 Å². The van der Waals surface area contributed by atoms with Crippen LogP contribution in [0.2, 0.25) is 0 Å². The molecular weight excluding hydrogens is 174 g/mol. The highest BCUT2D eigenvalue weighted by molar-refractivity contribution is 5.39. The van der Waals surface area contributed by atoms with Crippen molar-refractivity contribution >= 4 is 5.69 Å². The van der Waals surface area contributed by atoms with Crippen molar-refractivity contribution in [3.05, 3.63) is 11.9 Å². The summed E-state index contributed by atoms with van der Waals surface area (Å²) >= 11 is 0. The van der Waals surface area contributed by atoms with Gasteiger partial charge >= 0.3 is 0 Å². The fourth-order valence-electron chi connectivity index (χ4n) is 2.08. The second-order valence-electron chi connectivity index (χ2n) is 4.56. The Labute approximate surface area is 85.3 Å². The van der Waals surface area contributed by atoms with Crippen molar-refractivity contribution in [2.24, 2.45) is 11.8 Å². The Hall–Kier alpha value is -0.990. The molecule has 1 aliphatic carbocycles. The van der Waals surface area contributed by atoms with Crippen LogP contribution in [0.3, 0.4) is 0 Å². The number of aryl methyl sites for hydroxylation is 1. The Morgan fingerprint density at radius 3 is 2.79 bits per heavy atom. The highest BCUT2D eigenvalue weighted by atomic mass is 15.3. The van der Waals surface area contributed by atoms with E-state index in [4.69, 9.17) is 5.73 Å². The standard InChI is InChI=1S/C11H19N3/c1-8(10-4-3-5-10)6-14-7-11(12)9(2)13-14/h7-8,10H,3-6,12H2,1-2H3. The van der Waals surface area contributed by atoms with Crippen molar-refractivity contribution < 1.29 is 0 Å². The van der Waals surface area contributed by atoms with Crippen molar-refractivity contribution in [1.29, 1.82) is 0 Å². The lowest BCUT2D eigenvalue weighted by Crippen LogP contribution is -2.23. The third-order valence-electron chi connectivity index (χ3n) is 3.41. The minimum Gasteiger partial charge on any atom is -0.396 e. The number of anilines is 1. The lowest BCUT2D eigenvalue weighted by atomic mass is 9.77. The van der Waals surface area contributed by atoms with Gasteiger partial charge in [-0.1, -0.05) is 26.2 Å². The molecule has 1 atom stereocenters. The number of nitrogen functional groups attached to an aromatic ring is 1. The summed E-state index contributed by atoms with van der Waals surface area (Å²) in [6.07, 6.45) is 6.16. The summed E-state index contributed by atoms with van der Waals surface area (Å²) in [7, 11) is 0. The van der Waals surface area contributed by atoms with Gasteiger partial charge in [-0.3, -0.25) is 4.68 Å². The second-order valence-corrected chi connectivity index (χ2v) is 4.56. The minimum atomic E-state index is 0.738. The first kappa shape index (κ1) is 9.56. The molecule has 0 radical (unpaired) electrons. The van der Waals surface area contributed by atoms with Gasteiger partial charge in [-0.05, 0) is 18.8 Å². The SMILES string of the molecule is Cc1nn(CC(C)C2CCC2)cc1N. The van der Waals surface area contributed by atoms with Gasteiger partial charge in [-0.2, -0.15) is 5.10 Å². The molecule has 0 amide bonds. The zero-order valence-corrected chi connectivity index (χ0v) is 9.03. The molecule has 3 heteroatoms. The molecule has 2 rings (SSSR count). The van der Waals surface area contributed by atoms with E-state index in [2.05, 4.69) is 12.0 Å². The normalized spacial score (nSPS) is 19.3. The van der Waals surface area contributed by atoms with Crippen LogP contribution in [0.4, 0.5) is 5.69 Å². The first-order valence-corrected chi connectivity index (χ1v) is 5.46. The zero-order chi connectivity index (χ0) is 10.1. The largest absolute Gasteiger partial charge is 0.396 e. The molecule has 0 saturated heterocycles. The van der Waals surface area contributed by atoms with Crippen molar-refractivity contribution in [3.63, 3.8) is 0 Å². The van der Waals surface area contributed by atoms with Gasteiger partial charge in [0.2, 0.25) is 0 Å². The number of nitrogens with zero attached hydrogens (tertiary/aromatic N) is 2. The fraction of sp³-hybridized carbons (Fsp3) is 0.727. The van der Waals surface area contributed by atoms with Gasteiger partial charge < -0.3 is 5.73 Å². The number of nitrogens with two attached hydrogens (primary N) is 1. The van der Waals surface area contributed by atoms with Gasteiger partial charge in [0, 0.05) is 12.7 Å². The molecule has 1 aromatic heterocycles. The van der Waals surface area contributed by atoms with E-state index in [0.717, 1.165) is 29.8 Å². The summed E-state index contributed by atoms with van der Waals surface area (Å²) in [5.41, 5.74) is 7.52. The lowest BCUT2D eigenvalue weighted by molar-refractivity contribution is 0.196. The molecule has 3 nitrogen and oxygen atoms in total. The second kappa shape index (κ2) is 3.64. The van der Waals surface area contributed by atoms with Gasteiger partial charge in [0.05, 0.1) is 11.4 Å². The maximum atomic E-state index is 5.76. The Balaban J connectivity index is 1.95. The van der Waals surface area contributed by atoms with E-state index in [0.29, 0.717) is 0 Å². The third kappa shape index (κ3) is 1.76. The molecule has 1 aliphatic rings. The van der Waals surface area contributed by atoms with Gasteiger partial charge in [0.25, 0.3) is 0 Å². The highest BCUT2D eigenvalue weighted by Gasteiger charge is 2.24. The molecule has 2 N–H and O–H groups in total. The van der Waals surface area contributed by atoms with Crippen LogP contribution in [-0.4, -0.2) is 9.78 Å². The molecule has 78 valence electrons. The Bertz CT molecular complexity index is 293. The van der Waals surface area contributed by atoms with Crippen LogP contribution in [0.25, 0.3) is 0 Å². The quantitative estimate of drug-likeness (QED) is 0.799. The van der Waals surface area contributed by atoms with E-state index < -0.39 is 0 Å². The molecule has 1 saturated carbocycles. The van der Waals surface area contributed by atoms with E-state index in [9.17, 15) is 0 Å². The van der Waals surface area contributed by atoms with Crippen molar-refractivity contribution in [3.8, 4) is 0 Å². The average Bonchev–Trinajstić information content (AvgIpc) is 2.26. The van der Waals surface area contributed by atoms with Crippen molar-refractivity contribution in [2.75, 3.05) is 5.73 Å². The Morgan fingerprint density at radius 2 is 2.36 bits per heavy atom. The van der Waals surface area contributed by atoms with Gasteiger partial charge in [-0.25, -0.2) is 0 Å².